The normalized spacial score (nSPS) is 26.6. The first-order chi connectivity index (χ1) is 8.54. The fourth-order valence-electron chi connectivity index (χ4n) is 2.69. The maximum Gasteiger partial charge on any atom is 0.125 e. The lowest BCUT2D eigenvalue weighted by Crippen LogP contribution is -2.40. The topological polar surface area (TPSA) is 35.2 Å². The first kappa shape index (κ1) is 13.7. The number of nitrogens with two attached hydrogens (primary N) is 1. The zero-order chi connectivity index (χ0) is 13.2. The highest BCUT2D eigenvalue weighted by molar-refractivity contribution is 6.30. The highest BCUT2D eigenvalue weighted by atomic mass is 35.5. The Morgan fingerprint density at radius 2 is 2.22 bits per heavy atom. The Morgan fingerprint density at radius 3 is 2.94 bits per heavy atom. The van der Waals surface area contributed by atoms with Crippen molar-refractivity contribution >= 4 is 11.6 Å². The Labute approximate surface area is 114 Å². The van der Waals surface area contributed by atoms with E-state index < -0.39 is 0 Å². The largest absolute Gasteiger partial charge is 0.487 e. The van der Waals surface area contributed by atoms with Crippen molar-refractivity contribution in [1.29, 1.82) is 0 Å². The molecule has 1 aromatic rings. The van der Waals surface area contributed by atoms with Crippen LogP contribution in [0.4, 0.5) is 0 Å². The van der Waals surface area contributed by atoms with Crippen molar-refractivity contribution in [2.75, 3.05) is 0 Å². The monoisotopic (exact) mass is 267 g/mol. The first-order valence-corrected chi connectivity index (χ1v) is 7.16. The summed E-state index contributed by atoms with van der Waals surface area (Å²) >= 11 is 6.00. The van der Waals surface area contributed by atoms with E-state index in [2.05, 4.69) is 13.8 Å². The molecule has 2 atom stereocenters. The van der Waals surface area contributed by atoms with Gasteiger partial charge in [0.25, 0.3) is 0 Å². The number of rotatable bonds is 4. The standard InChI is InChI=1S/C15H22ClNO/c1-3-4-5-8-15(2)10-13(17)12-9-11(16)6-7-14(12)18-15/h6-7,9,13H,3-5,8,10,17H2,1-2H3/t13-,15?/m0/s1. The van der Waals surface area contributed by atoms with Crippen LogP contribution in [-0.2, 0) is 0 Å². The summed E-state index contributed by atoms with van der Waals surface area (Å²) in [4.78, 5) is 0. The van der Waals surface area contributed by atoms with Gasteiger partial charge in [-0.25, -0.2) is 0 Å². The van der Waals surface area contributed by atoms with Crippen LogP contribution in [0.15, 0.2) is 18.2 Å². The van der Waals surface area contributed by atoms with Crippen LogP contribution in [-0.4, -0.2) is 5.60 Å². The van der Waals surface area contributed by atoms with Crippen molar-refractivity contribution < 1.29 is 4.74 Å². The minimum atomic E-state index is -0.130. The van der Waals surface area contributed by atoms with Gasteiger partial charge in [-0.3, -0.25) is 0 Å². The van der Waals surface area contributed by atoms with Crippen LogP contribution >= 0.6 is 11.6 Å². The van der Waals surface area contributed by atoms with E-state index in [-0.39, 0.29) is 11.6 Å². The zero-order valence-electron chi connectivity index (χ0n) is 11.2. The summed E-state index contributed by atoms with van der Waals surface area (Å²) < 4.78 is 6.15. The van der Waals surface area contributed by atoms with Gasteiger partial charge in [0.15, 0.2) is 0 Å². The van der Waals surface area contributed by atoms with Crippen LogP contribution < -0.4 is 10.5 Å². The van der Waals surface area contributed by atoms with Gasteiger partial charge in [-0.05, 0) is 38.0 Å². The highest BCUT2D eigenvalue weighted by Gasteiger charge is 2.35. The maximum absolute atomic E-state index is 6.26. The maximum atomic E-state index is 6.26. The molecule has 0 fully saturated rings. The fraction of sp³-hybridized carbons (Fsp3) is 0.600. The first-order valence-electron chi connectivity index (χ1n) is 6.78. The van der Waals surface area contributed by atoms with Gasteiger partial charge in [0.05, 0.1) is 0 Å². The predicted molar refractivity (Wildman–Crippen MR) is 76.2 cm³/mol. The van der Waals surface area contributed by atoms with E-state index in [0.717, 1.165) is 29.2 Å². The van der Waals surface area contributed by atoms with Gasteiger partial charge in [0.1, 0.15) is 11.4 Å². The van der Waals surface area contributed by atoms with Gasteiger partial charge in [-0.2, -0.15) is 0 Å². The Morgan fingerprint density at radius 1 is 1.44 bits per heavy atom. The molecule has 0 saturated heterocycles. The summed E-state index contributed by atoms with van der Waals surface area (Å²) in [5.74, 6) is 0.900. The van der Waals surface area contributed by atoms with Gasteiger partial charge in [-0.1, -0.05) is 31.4 Å². The SMILES string of the molecule is CCCCCC1(C)C[C@H](N)c2cc(Cl)ccc2O1. The molecule has 0 aliphatic carbocycles. The Bertz CT molecular complexity index is 421. The number of fused-ring (bicyclic) bond motifs is 1. The fourth-order valence-corrected chi connectivity index (χ4v) is 2.87. The third kappa shape index (κ3) is 2.99. The summed E-state index contributed by atoms with van der Waals surface area (Å²) in [7, 11) is 0. The van der Waals surface area contributed by atoms with E-state index in [9.17, 15) is 0 Å². The van der Waals surface area contributed by atoms with Gasteiger partial charge in [0, 0.05) is 23.0 Å². The van der Waals surface area contributed by atoms with E-state index in [4.69, 9.17) is 22.1 Å². The zero-order valence-corrected chi connectivity index (χ0v) is 12.0. The molecule has 100 valence electrons. The van der Waals surface area contributed by atoms with E-state index >= 15 is 0 Å². The molecule has 18 heavy (non-hydrogen) atoms. The Kier molecular flexibility index (Phi) is 4.18. The molecule has 2 nitrogen and oxygen atoms in total. The predicted octanol–water partition coefficient (Wildman–Crippen LogP) is 4.46. The van der Waals surface area contributed by atoms with Crippen molar-refractivity contribution in [3.63, 3.8) is 0 Å². The molecule has 0 bridgehead atoms. The van der Waals surface area contributed by atoms with E-state index in [1.807, 2.05) is 18.2 Å². The van der Waals surface area contributed by atoms with Crippen molar-refractivity contribution in [1.82, 2.24) is 0 Å². The molecule has 1 aliphatic rings. The molecule has 1 unspecified atom stereocenters. The smallest absolute Gasteiger partial charge is 0.125 e. The number of unbranched alkanes of at least 4 members (excludes halogenated alkanes) is 2. The molecule has 1 heterocycles. The number of hydrogen-bond donors (Lipinski definition) is 1. The van der Waals surface area contributed by atoms with Crippen LogP contribution in [0.3, 0.4) is 0 Å². The number of halogens is 1. The average Bonchev–Trinajstić information content (AvgIpc) is 2.31. The van der Waals surface area contributed by atoms with Gasteiger partial charge >= 0.3 is 0 Å². The molecule has 1 aromatic carbocycles. The molecule has 1 aliphatic heterocycles. The molecule has 2 N–H and O–H groups in total. The van der Waals surface area contributed by atoms with E-state index in [1.54, 1.807) is 0 Å². The van der Waals surface area contributed by atoms with E-state index in [0.29, 0.717) is 0 Å². The lowest BCUT2D eigenvalue weighted by Gasteiger charge is -2.39. The van der Waals surface area contributed by atoms with Crippen LogP contribution in [0.25, 0.3) is 0 Å². The van der Waals surface area contributed by atoms with E-state index in [1.165, 1.54) is 19.3 Å². The average molecular weight is 268 g/mol. The van der Waals surface area contributed by atoms with Crippen LogP contribution in [0.5, 0.6) is 5.75 Å². The highest BCUT2D eigenvalue weighted by Crippen LogP contribution is 2.41. The summed E-state index contributed by atoms with van der Waals surface area (Å²) in [6.07, 6.45) is 5.61. The van der Waals surface area contributed by atoms with Crippen LogP contribution in [0, 0.1) is 0 Å². The number of ether oxygens (including phenoxy) is 1. The van der Waals surface area contributed by atoms with Crippen LogP contribution in [0.1, 0.15) is 57.6 Å². The second kappa shape index (κ2) is 5.50. The molecular weight excluding hydrogens is 246 g/mol. The third-order valence-electron chi connectivity index (χ3n) is 3.69. The molecule has 2 rings (SSSR count). The number of hydrogen-bond acceptors (Lipinski definition) is 2. The molecular formula is C15H22ClNO. The summed E-state index contributed by atoms with van der Waals surface area (Å²) in [6.45, 7) is 4.38. The van der Waals surface area contributed by atoms with Gasteiger partial charge < -0.3 is 10.5 Å². The van der Waals surface area contributed by atoms with Crippen molar-refractivity contribution in [2.24, 2.45) is 5.73 Å². The number of benzene rings is 1. The minimum Gasteiger partial charge on any atom is -0.487 e. The van der Waals surface area contributed by atoms with Crippen molar-refractivity contribution in [3.8, 4) is 5.75 Å². The summed E-state index contributed by atoms with van der Waals surface area (Å²) in [6, 6.07) is 5.76. The quantitative estimate of drug-likeness (QED) is 0.818. The Balaban J connectivity index is 2.14. The Hall–Kier alpha value is -0.730. The molecule has 0 saturated carbocycles. The molecule has 0 spiro atoms. The summed E-state index contributed by atoms with van der Waals surface area (Å²) in [5.41, 5.74) is 7.16. The van der Waals surface area contributed by atoms with Crippen molar-refractivity contribution in [2.45, 2.75) is 57.6 Å². The van der Waals surface area contributed by atoms with Crippen LogP contribution in [0.2, 0.25) is 5.02 Å². The lowest BCUT2D eigenvalue weighted by atomic mass is 9.85. The molecule has 0 radical (unpaired) electrons. The molecule has 0 aromatic heterocycles. The van der Waals surface area contributed by atoms with Gasteiger partial charge in [-0.15, -0.1) is 0 Å². The lowest BCUT2D eigenvalue weighted by molar-refractivity contribution is 0.0431. The third-order valence-corrected chi connectivity index (χ3v) is 3.92. The molecule has 0 amide bonds. The molecule has 3 heteroatoms. The van der Waals surface area contributed by atoms with Gasteiger partial charge in [0.2, 0.25) is 0 Å². The second-order valence-electron chi connectivity index (χ2n) is 5.50. The second-order valence-corrected chi connectivity index (χ2v) is 5.94. The van der Waals surface area contributed by atoms with Crippen molar-refractivity contribution in [3.05, 3.63) is 28.8 Å². The summed E-state index contributed by atoms with van der Waals surface area (Å²) in [5, 5.41) is 0.724. The minimum absolute atomic E-state index is 0.0269.